The van der Waals surface area contributed by atoms with Gasteiger partial charge in [-0.2, -0.15) is 0 Å². The molecular formula is C14H8N2O5. The summed E-state index contributed by atoms with van der Waals surface area (Å²) in [6.45, 7) is 0. The fourth-order valence-electron chi connectivity index (χ4n) is 1.93. The van der Waals surface area contributed by atoms with E-state index in [2.05, 4.69) is 4.98 Å². The normalized spacial score (nSPS) is 10.5. The molecule has 104 valence electrons. The number of carbonyl (C=O) groups excluding carboxylic acids is 1. The van der Waals surface area contributed by atoms with Crippen molar-refractivity contribution in [1.82, 2.24) is 4.98 Å². The molecule has 2 heterocycles. The minimum Gasteiger partial charge on any atom is -0.425 e. The summed E-state index contributed by atoms with van der Waals surface area (Å²) in [7, 11) is 0. The first-order valence-corrected chi connectivity index (χ1v) is 5.94. The Kier molecular flexibility index (Phi) is 3.07. The highest BCUT2D eigenvalue weighted by atomic mass is 16.6. The average Bonchev–Trinajstić information content (AvgIpc) is 2.95. The van der Waals surface area contributed by atoms with E-state index in [1.807, 2.05) is 0 Å². The zero-order chi connectivity index (χ0) is 14.8. The SMILES string of the molecule is O=Cc1ccc(Oc2ccc([N+](=O)[O-])c3ncccc23)o1. The Morgan fingerprint density at radius 1 is 1.24 bits per heavy atom. The highest BCUT2D eigenvalue weighted by molar-refractivity contribution is 5.92. The number of hydrogen-bond acceptors (Lipinski definition) is 6. The minimum absolute atomic E-state index is 0.106. The van der Waals surface area contributed by atoms with Crippen molar-refractivity contribution in [3.63, 3.8) is 0 Å². The molecule has 7 nitrogen and oxygen atoms in total. The van der Waals surface area contributed by atoms with Gasteiger partial charge in [0.2, 0.25) is 0 Å². The number of benzene rings is 1. The zero-order valence-corrected chi connectivity index (χ0v) is 10.6. The van der Waals surface area contributed by atoms with E-state index < -0.39 is 4.92 Å². The van der Waals surface area contributed by atoms with Crippen LogP contribution in [0.15, 0.2) is 47.0 Å². The summed E-state index contributed by atoms with van der Waals surface area (Å²) in [5, 5.41) is 11.5. The molecular weight excluding hydrogens is 276 g/mol. The van der Waals surface area contributed by atoms with E-state index in [0.29, 0.717) is 17.4 Å². The number of furan rings is 1. The lowest BCUT2D eigenvalue weighted by Crippen LogP contribution is -1.93. The van der Waals surface area contributed by atoms with Crippen molar-refractivity contribution < 1.29 is 18.9 Å². The van der Waals surface area contributed by atoms with Gasteiger partial charge in [0.25, 0.3) is 11.6 Å². The number of aldehydes is 1. The molecule has 0 atom stereocenters. The molecule has 0 aliphatic heterocycles. The van der Waals surface area contributed by atoms with Crippen LogP contribution in [0.5, 0.6) is 11.7 Å². The summed E-state index contributed by atoms with van der Waals surface area (Å²) >= 11 is 0. The molecule has 3 aromatic rings. The topological polar surface area (TPSA) is 95.5 Å². The van der Waals surface area contributed by atoms with Crippen molar-refractivity contribution in [3.8, 4) is 11.7 Å². The van der Waals surface area contributed by atoms with Crippen LogP contribution in [0.2, 0.25) is 0 Å². The van der Waals surface area contributed by atoms with Crippen molar-refractivity contribution >= 4 is 22.9 Å². The fraction of sp³-hybridized carbons (Fsp3) is 0. The van der Waals surface area contributed by atoms with Crippen LogP contribution in [0.1, 0.15) is 10.6 Å². The molecule has 3 rings (SSSR count). The molecule has 0 bridgehead atoms. The Bertz CT molecular complexity index is 840. The van der Waals surface area contributed by atoms with Crippen LogP contribution in [0.3, 0.4) is 0 Å². The third kappa shape index (κ3) is 2.32. The van der Waals surface area contributed by atoms with E-state index in [1.54, 1.807) is 12.1 Å². The van der Waals surface area contributed by atoms with Crippen LogP contribution in [-0.2, 0) is 0 Å². The lowest BCUT2D eigenvalue weighted by molar-refractivity contribution is -0.383. The van der Waals surface area contributed by atoms with Gasteiger partial charge in [-0.05, 0) is 24.3 Å². The highest BCUT2D eigenvalue weighted by Gasteiger charge is 2.17. The number of carbonyl (C=O) groups is 1. The number of hydrogen-bond donors (Lipinski definition) is 0. The second kappa shape index (κ2) is 5.04. The van der Waals surface area contributed by atoms with Gasteiger partial charge in [0, 0.05) is 18.3 Å². The summed E-state index contributed by atoms with van der Waals surface area (Å²) in [5.74, 6) is 0.612. The van der Waals surface area contributed by atoms with Gasteiger partial charge < -0.3 is 9.15 Å². The molecule has 0 N–H and O–H groups in total. The van der Waals surface area contributed by atoms with Crippen LogP contribution >= 0.6 is 0 Å². The van der Waals surface area contributed by atoms with E-state index in [9.17, 15) is 14.9 Å². The Morgan fingerprint density at radius 3 is 2.81 bits per heavy atom. The zero-order valence-electron chi connectivity index (χ0n) is 10.6. The van der Waals surface area contributed by atoms with Crippen molar-refractivity contribution in [2.75, 3.05) is 0 Å². The van der Waals surface area contributed by atoms with Crippen molar-refractivity contribution in [1.29, 1.82) is 0 Å². The van der Waals surface area contributed by atoms with E-state index >= 15 is 0 Å². The summed E-state index contributed by atoms with van der Waals surface area (Å²) in [6, 6.07) is 9.05. The van der Waals surface area contributed by atoms with Gasteiger partial charge in [-0.3, -0.25) is 14.9 Å². The third-order valence-corrected chi connectivity index (χ3v) is 2.83. The van der Waals surface area contributed by atoms with Crippen LogP contribution in [0, 0.1) is 10.1 Å². The van der Waals surface area contributed by atoms with Gasteiger partial charge in [0.05, 0.1) is 10.3 Å². The van der Waals surface area contributed by atoms with Gasteiger partial charge in [0.15, 0.2) is 17.6 Å². The quantitative estimate of drug-likeness (QED) is 0.414. The Hall–Kier alpha value is -3.22. The molecule has 0 unspecified atom stereocenters. The van der Waals surface area contributed by atoms with Crippen molar-refractivity contribution in [3.05, 3.63) is 58.5 Å². The van der Waals surface area contributed by atoms with Crippen molar-refractivity contribution in [2.45, 2.75) is 0 Å². The van der Waals surface area contributed by atoms with Crippen LogP contribution in [0.4, 0.5) is 5.69 Å². The molecule has 0 radical (unpaired) electrons. The molecule has 0 saturated carbocycles. The van der Waals surface area contributed by atoms with Gasteiger partial charge in [-0.1, -0.05) is 0 Å². The molecule has 7 heteroatoms. The predicted octanol–water partition coefficient (Wildman–Crippen LogP) is 3.34. The molecule has 0 aliphatic rings. The first kappa shape index (κ1) is 12.8. The average molecular weight is 284 g/mol. The second-order valence-corrected chi connectivity index (χ2v) is 4.12. The number of pyridine rings is 1. The maximum atomic E-state index is 11.0. The van der Waals surface area contributed by atoms with Gasteiger partial charge in [0.1, 0.15) is 5.75 Å². The summed E-state index contributed by atoms with van der Waals surface area (Å²) in [5.41, 5.74) is 0.119. The Labute approximate surface area is 117 Å². The van der Waals surface area contributed by atoms with Crippen LogP contribution in [0.25, 0.3) is 10.9 Å². The smallest absolute Gasteiger partial charge is 0.295 e. The number of ether oxygens (including phenoxy) is 1. The first-order chi connectivity index (χ1) is 10.2. The largest absolute Gasteiger partial charge is 0.425 e. The fourth-order valence-corrected chi connectivity index (χ4v) is 1.93. The summed E-state index contributed by atoms with van der Waals surface area (Å²) < 4.78 is 10.6. The minimum atomic E-state index is -0.503. The summed E-state index contributed by atoms with van der Waals surface area (Å²) in [4.78, 5) is 25.1. The van der Waals surface area contributed by atoms with E-state index in [1.165, 1.54) is 30.5 Å². The molecule has 0 aliphatic carbocycles. The monoisotopic (exact) mass is 284 g/mol. The molecule has 2 aromatic heterocycles. The Balaban J connectivity index is 2.09. The molecule has 0 amide bonds. The highest BCUT2D eigenvalue weighted by Crippen LogP contribution is 2.34. The maximum Gasteiger partial charge on any atom is 0.295 e. The Morgan fingerprint density at radius 2 is 2.10 bits per heavy atom. The molecule has 0 fully saturated rings. The molecule has 21 heavy (non-hydrogen) atoms. The van der Waals surface area contributed by atoms with Gasteiger partial charge in [-0.25, -0.2) is 4.98 Å². The number of nitro benzene ring substituents is 1. The van der Waals surface area contributed by atoms with E-state index in [4.69, 9.17) is 9.15 Å². The number of fused-ring (bicyclic) bond motifs is 1. The number of non-ortho nitro benzene ring substituents is 1. The van der Waals surface area contributed by atoms with Gasteiger partial charge >= 0.3 is 0 Å². The summed E-state index contributed by atoms with van der Waals surface area (Å²) in [6.07, 6.45) is 2.03. The second-order valence-electron chi connectivity index (χ2n) is 4.12. The number of nitro groups is 1. The maximum absolute atomic E-state index is 11.0. The number of nitrogens with zero attached hydrogens (tertiary/aromatic N) is 2. The number of aromatic nitrogens is 1. The standard InChI is InChI=1S/C14H8N2O5/c17-8-9-3-6-13(20-9)21-12-5-4-11(16(18)19)14-10(12)2-1-7-15-14/h1-8H. The molecule has 0 spiro atoms. The number of rotatable bonds is 4. The van der Waals surface area contributed by atoms with E-state index in [-0.39, 0.29) is 22.9 Å². The van der Waals surface area contributed by atoms with Crippen molar-refractivity contribution in [2.24, 2.45) is 0 Å². The predicted molar refractivity (Wildman–Crippen MR) is 72.6 cm³/mol. The van der Waals surface area contributed by atoms with Gasteiger partial charge in [-0.15, -0.1) is 0 Å². The third-order valence-electron chi connectivity index (χ3n) is 2.83. The lowest BCUT2D eigenvalue weighted by atomic mass is 10.2. The van der Waals surface area contributed by atoms with E-state index in [0.717, 1.165) is 0 Å². The van der Waals surface area contributed by atoms with Crippen LogP contribution in [-0.4, -0.2) is 16.2 Å². The first-order valence-electron chi connectivity index (χ1n) is 5.94. The lowest BCUT2D eigenvalue weighted by Gasteiger charge is -2.06. The molecule has 0 saturated heterocycles. The molecule has 1 aromatic carbocycles. The van der Waals surface area contributed by atoms with Crippen LogP contribution < -0.4 is 4.74 Å².